The fourth-order valence-electron chi connectivity index (χ4n) is 2.26. The van der Waals surface area contributed by atoms with Crippen molar-refractivity contribution < 1.29 is 4.74 Å². The summed E-state index contributed by atoms with van der Waals surface area (Å²) in [5, 5.41) is 0. The fraction of sp³-hybridized carbons (Fsp3) is 0.524. The summed E-state index contributed by atoms with van der Waals surface area (Å²) in [7, 11) is 0. The van der Waals surface area contributed by atoms with Crippen molar-refractivity contribution >= 4 is 0 Å². The van der Waals surface area contributed by atoms with Gasteiger partial charge < -0.3 is 4.74 Å². The van der Waals surface area contributed by atoms with E-state index in [0.717, 1.165) is 12.0 Å². The molecule has 0 radical (unpaired) electrons. The maximum Gasteiger partial charge on any atom is 0.183 e. The number of unbranched alkanes of at least 4 members (excludes halogenated alkanes) is 4. The molecule has 0 aromatic heterocycles. The number of hydrogen-bond acceptors (Lipinski definition) is 1. The van der Waals surface area contributed by atoms with Crippen LogP contribution in [0.3, 0.4) is 0 Å². The van der Waals surface area contributed by atoms with Gasteiger partial charge in [0.05, 0.1) is 6.26 Å². The van der Waals surface area contributed by atoms with Gasteiger partial charge in [-0.05, 0) is 17.4 Å². The number of rotatable bonds is 7. The van der Waals surface area contributed by atoms with Gasteiger partial charge >= 0.3 is 0 Å². The molecule has 0 saturated heterocycles. The van der Waals surface area contributed by atoms with Crippen molar-refractivity contribution in [2.45, 2.75) is 71.3 Å². The lowest BCUT2D eigenvalue weighted by atomic mass is 9.86. The van der Waals surface area contributed by atoms with Gasteiger partial charge in [-0.15, -0.1) is 0 Å². The summed E-state index contributed by atoms with van der Waals surface area (Å²) in [6.45, 7) is 12.5. The molecule has 1 aromatic carbocycles. The maximum atomic E-state index is 5.57. The van der Waals surface area contributed by atoms with Crippen LogP contribution in [-0.4, -0.2) is 0 Å². The van der Waals surface area contributed by atoms with E-state index in [1.54, 1.807) is 0 Å². The van der Waals surface area contributed by atoms with Crippen molar-refractivity contribution in [3.8, 4) is 11.8 Å². The molecule has 1 atom stereocenters. The van der Waals surface area contributed by atoms with Crippen molar-refractivity contribution in [3.05, 3.63) is 48.2 Å². The van der Waals surface area contributed by atoms with Crippen LogP contribution in [0.25, 0.3) is 0 Å². The molecule has 1 aromatic rings. The average Bonchev–Trinajstić information content (AvgIpc) is 2.49. The fourth-order valence-corrected chi connectivity index (χ4v) is 2.26. The Balaban J connectivity index is 2.70. The first-order valence-electron chi connectivity index (χ1n) is 8.34. The summed E-state index contributed by atoms with van der Waals surface area (Å²) in [5.74, 6) is 6.48. The van der Waals surface area contributed by atoms with Crippen LogP contribution < -0.4 is 0 Å². The zero-order valence-electron chi connectivity index (χ0n) is 14.6. The Morgan fingerprint density at radius 3 is 2.36 bits per heavy atom. The molecule has 22 heavy (non-hydrogen) atoms. The first-order valence-corrected chi connectivity index (χ1v) is 8.34. The van der Waals surface area contributed by atoms with E-state index >= 15 is 0 Å². The third-order valence-electron chi connectivity index (χ3n) is 3.70. The van der Waals surface area contributed by atoms with Crippen LogP contribution in [0.2, 0.25) is 0 Å². The molecule has 0 bridgehead atoms. The monoisotopic (exact) mass is 298 g/mol. The normalized spacial score (nSPS) is 12.2. The van der Waals surface area contributed by atoms with E-state index < -0.39 is 0 Å². The molecule has 1 heteroatoms. The third-order valence-corrected chi connectivity index (χ3v) is 3.70. The van der Waals surface area contributed by atoms with E-state index in [-0.39, 0.29) is 11.5 Å². The van der Waals surface area contributed by atoms with Gasteiger partial charge in [0.25, 0.3) is 0 Å². The Bertz CT molecular complexity index is 493. The molecule has 1 rings (SSSR count). The molecular formula is C21H30O. The second-order valence-electron chi connectivity index (χ2n) is 6.69. The van der Waals surface area contributed by atoms with Crippen molar-refractivity contribution in [2.75, 3.05) is 0 Å². The van der Waals surface area contributed by atoms with Gasteiger partial charge in [-0.1, -0.05) is 89.6 Å². The largest absolute Gasteiger partial charge is 0.481 e. The smallest absolute Gasteiger partial charge is 0.183 e. The highest BCUT2D eigenvalue weighted by molar-refractivity contribution is 5.32. The molecule has 0 aliphatic heterocycles. The maximum absolute atomic E-state index is 5.57. The lowest BCUT2D eigenvalue weighted by Gasteiger charge is -2.20. The quantitative estimate of drug-likeness (QED) is 0.333. The molecule has 0 aliphatic carbocycles. The predicted molar refractivity (Wildman–Crippen MR) is 95.7 cm³/mol. The number of hydrogen-bond donors (Lipinski definition) is 0. The van der Waals surface area contributed by atoms with Crippen molar-refractivity contribution in [1.29, 1.82) is 0 Å². The molecular weight excluding hydrogens is 268 g/mol. The average molecular weight is 298 g/mol. The van der Waals surface area contributed by atoms with Crippen LogP contribution in [0.1, 0.15) is 77.0 Å². The highest BCUT2D eigenvalue weighted by Crippen LogP contribution is 2.25. The summed E-state index contributed by atoms with van der Waals surface area (Å²) in [5.41, 5.74) is 2.58. The van der Waals surface area contributed by atoms with Crippen LogP contribution in [-0.2, 0) is 10.2 Å². The molecule has 120 valence electrons. The van der Waals surface area contributed by atoms with Crippen molar-refractivity contribution in [3.63, 3.8) is 0 Å². The van der Waals surface area contributed by atoms with Gasteiger partial charge in [0, 0.05) is 12.0 Å². The van der Waals surface area contributed by atoms with Gasteiger partial charge in [-0.3, -0.25) is 0 Å². The van der Waals surface area contributed by atoms with Gasteiger partial charge in [-0.25, -0.2) is 0 Å². The Labute approximate surface area is 136 Å². The Morgan fingerprint density at radius 1 is 1.14 bits per heavy atom. The standard InChI is InChI=1S/C21H30O/c1-6-8-9-10-11-12-13-20(22-7-2)18-14-16-19(17-15-18)21(3,4)5/h7,14-17,20H,2,6,8-11H2,1,3-5H3. The molecule has 0 fully saturated rings. The van der Waals surface area contributed by atoms with Gasteiger partial charge in [0.1, 0.15) is 0 Å². The van der Waals surface area contributed by atoms with Crippen LogP contribution >= 0.6 is 0 Å². The third kappa shape index (κ3) is 6.39. The van der Waals surface area contributed by atoms with Crippen LogP contribution in [0.4, 0.5) is 0 Å². The molecule has 0 spiro atoms. The minimum Gasteiger partial charge on any atom is -0.481 e. The Morgan fingerprint density at radius 2 is 1.82 bits per heavy atom. The zero-order valence-corrected chi connectivity index (χ0v) is 14.6. The van der Waals surface area contributed by atoms with Crippen LogP contribution in [0.15, 0.2) is 37.1 Å². The summed E-state index contributed by atoms with van der Waals surface area (Å²) in [6.07, 6.45) is 7.20. The van der Waals surface area contributed by atoms with Crippen molar-refractivity contribution in [2.24, 2.45) is 0 Å². The van der Waals surface area contributed by atoms with Gasteiger partial charge in [0.15, 0.2) is 6.10 Å². The van der Waals surface area contributed by atoms with E-state index in [2.05, 4.69) is 70.4 Å². The Hall–Kier alpha value is -1.68. The number of ether oxygens (including phenoxy) is 1. The Kier molecular flexibility index (Phi) is 7.82. The number of benzene rings is 1. The zero-order chi connectivity index (χ0) is 16.4. The lowest BCUT2D eigenvalue weighted by Crippen LogP contribution is -2.11. The van der Waals surface area contributed by atoms with Crippen molar-refractivity contribution in [1.82, 2.24) is 0 Å². The first-order chi connectivity index (χ1) is 10.5. The van der Waals surface area contributed by atoms with Gasteiger partial charge in [-0.2, -0.15) is 0 Å². The summed E-state index contributed by atoms with van der Waals surface area (Å²) in [4.78, 5) is 0. The minimum atomic E-state index is -0.210. The van der Waals surface area contributed by atoms with Crippen LogP contribution in [0, 0.1) is 11.8 Å². The molecule has 0 N–H and O–H groups in total. The highest BCUT2D eigenvalue weighted by atomic mass is 16.5. The second-order valence-corrected chi connectivity index (χ2v) is 6.69. The molecule has 0 amide bonds. The van der Waals surface area contributed by atoms with E-state index in [1.165, 1.54) is 37.5 Å². The summed E-state index contributed by atoms with van der Waals surface area (Å²) >= 11 is 0. The van der Waals surface area contributed by atoms with E-state index in [0.29, 0.717) is 0 Å². The van der Waals surface area contributed by atoms with E-state index in [9.17, 15) is 0 Å². The molecule has 1 unspecified atom stereocenters. The predicted octanol–water partition coefficient (Wildman–Crippen LogP) is 6.16. The topological polar surface area (TPSA) is 9.23 Å². The van der Waals surface area contributed by atoms with Crippen LogP contribution in [0.5, 0.6) is 0 Å². The summed E-state index contributed by atoms with van der Waals surface area (Å²) < 4.78 is 5.57. The van der Waals surface area contributed by atoms with E-state index in [1.807, 2.05) is 0 Å². The van der Waals surface area contributed by atoms with E-state index in [4.69, 9.17) is 4.74 Å². The first kappa shape index (κ1) is 18.4. The highest BCUT2D eigenvalue weighted by Gasteiger charge is 2.14. The molecule has 0 heterocycles. The lowest BCUT2D eigenvalue weighted by molar-refractivity contribution is 0.199. The second kappa shape index (κ2) is 9.36. The molecule has 0 aliphatic rings. The van der Waals surface area contributed by atoms with Gasteiger partial charge in [0.2, 0.25) is 0 Å². The molecule has 1 nitrogen and oxygen atoms in total. The minimum absolute atomic E-state index is 0.165. The summed E-state index contributed by atoms with van der Waals surface area (Å²) in [6, 6.07) is 8.55. The SMILES string of the molecule is C=COC(C#CCCCCCC)c1ccc(C(C)(C)C)cc1. The molecule has 0 saturated carbocycles.